The van der Waals surface area contributed by atoms with Gasteiger partial charge < -0.3 is 4.90 Å². The smallest absolute Gasteiger partial charge is 0.233 e. The predicted molar refractivity (Wildman–Crippen MR) is 71.4 cm³/mol. The molecule has 0 unspecified atom stereocenters. The number of hydrogen-bond donors (Lipinski definition) is 0. The first-order chi connectivity index (χ1) is 9.09. The number of allylic oxidation sites excluding steroid dienone is 1. The third-order valence-electron chi connectivity index (χ3n) is 4.97. The zero-order valence-electron chi connectivity index (χ0n) is 10.8. The minimum absolute atomic E-state index is 0.201. The van der Waals surface area contributed by atoms with Gasteiger partial charge in [0.05, 0.1) is 5.41 Å². The van der Waals surface area contributed by atoms with Crippen LogP contribution in [0.5, 0.6) is 0 Å². The van der Waals surface area contributed by atoms with Gasteiger partial charge in [-0.2, -0.15) is 0 Å². The second-order valence-corrected chi connectivity index (χ2v) is 6.22. The summed E-state index contributed by atoms with van der Waals surface area (Å²) in [5.41, 5.74) is 2.90. The average molecular weight is 257 g/mol. The Hall–Kier alpha value is -1.64. The van der Waals surface area contributed by atoms with Crippen molar-refractivity contribution in [3.05, 3.63) is 41.7 Å². The molecule has 2 aliphatic heterocycles. The first kappa shape index (κ1) is 11.2. The van der Waals surface area contributed by atoms with E-state index >= 15 is 0 Å². The Labute approximate surface area is 111 Å². The average Bonchev–Trinajstić information content (AvgIpc) is 2.96. The molecule has 19 heavy (non-hydrogen) atoms. The molecule has 3 aliphatic rings. The molecule has 1 saturated heterocycles. The summed E-state index contributed by atoms with van der Waals surface area (Å²) in [5, 5.41) is 0. The second-order valence-electron chi connectivity index (χ2n) is 6.22. The van der Waals surface area contributed by atoms with Crippen molar-refractivity contribution < 1.29 is 9.18 Å². The van der Waals surface area contributed by atoms with Gasteiger partial charge in [0.25, 0.3) is 0 Å². The SMILES string of the molecule is C=C1CC[C@]2(C1)C[C@@H]1Cc3cc(F)ccc3N1C2=O. The van der Waals surface area contributed by atoms with E-state index in [4.69, 9.17) is 0 Å². The van der Waals surface area contributed by atoms with Crippen LogP contribution < -0.4 is 4.90 Å². The first-order valence-electron chi connectivity index (χ1n) is 6.88. The summed E-state index contributed by atoms with van der Waals surface area (Å²) in [6, 6.07) is 5.01. The molecule has 2 atom stereocenters. The van der Waals surface area contributed by atoms with E-state index in [1.165, 1.54) is 11.6 Å². The molecule has 1 aromatic carbocycles. The summed E-state index contributed by atoms with van der Waals surface area (Å²) in [7, 11) is 0. The van der Waals surface area contributed by atoms with Gasteiger partial charge in [-0.25, -0.2) is 4.39 Å². The molecular weight excluding hydrogens is 241 g/mol. The number of hydrogen-bond acceptors (Lipinski definition) is 1. The summed E-state index contributed by atoms with van der Waals surface area (Å²) in [6.07, 6.45) is 4.46. The Morgan fingerprint density at radius 2 is 2.26 bits per heavy atom. The van der Waals surface area contributed by atoms with Gasteiger partial charge in [-0.3, -0.25) is 4.79 Å². The van der Waals surface area contributed by atoms with E-state index in [1.807, 2.05) is 4.90 Å². The first-order valence-corrected chi connectivity index (χ1v) is 6.88. The Morgan fingerprint density at radius 1 is 1.42 bits per heavy atom. The maximum Gasteiger partial charge on any atom is 0.233 e. The number of fused-ring (bicyclic) bond motifs is 3. The van der Waals surface area contributed by atoms with Crippen LogP contribution in [0.3, 0.4) is 0 Å². The molecule has 0 radical (unpaired) electrons. The van der Waals surface area contributed by atoms with Crippen LogP contribution >= 0.6 is 0 Å². The molecule has 1 saturated carbocycles. The molecule has 2 fully saturated rings. The van der Waals surface area contributed by atoms with Gasteiger partial charge in [0.2, 0.25) is 5.91 Å². The van der Waals surface area contributed by atoms with Gasteiger partial charge in [0, 0.05) is 11.7 Å². The number of halogens is 1. The van der Waals surface area contributed by atoms with Gasteiger partial charge in [0.1, 0.15) is 5.82 Å². The lowest BCUT2D eigenvalue weighted by Crippen LogP contribution is -2.33. The molecule has 1 amide bonds. The topological polar surface area (TPSA) is 20.3 Å². The molecule has 2 heterocycles. The Bertz CT molecular complexity index is 609. The van der Waals surface area contributed by atoms with Crippen LogP contribution in [0.4, 0.5) is 10.1 Å². The number of carbonyl (C=O) groups is 1. The van der Waals surface area contributed by atoms with Crippen LogP contribution in [0.25, 0.3) is 0 Å². The minimum Gasteiger partial charge on any atom is -0.308 e. The molecule has 2 nitrogen and oxygen atoms in total. The Kier molecular flexibility index (Phi) is 2.05. The minimum atomic E-state index is -0.212. The number of anilines is 1. The van der Waals surface area contributed by atoms with Crippen molar-refractivity contribution in [2.75, 3.05) is 4.90 Å². The van der Waals surface area contributed by atoms with Gasteiger partial charge in [0.15, 0.2) is 0 Å². The van der Waals surface area contributed by atoms with Gasteiger partial charge in [-0.1, -0.05) is 12.2 Å². The molecule has 1 aliphatic carbocycles. The Morgan fingerprint density at radius 3 is 3.00 bits per heavy atom. The van der Waals surface area contributed by atoms with E-state index in [9.17, 15) is 9.18 Å². The summed E-state index contributed by atoms with van der Waals surface area (Å²) < 4.78 is 13.3. The number of nitrogens with zero attached hydrogens (tertiary/aromatic N) is 1. The fourth-order valence-electron chi connectivity index (χ4n) is 4.16. The number of amides is 1. The van der Waals surface area contributed by atoms with Crippen LogP contribution in [-0.4, -0.2) is 11.9 Å². The van der Waals surface area contributed by atoms with Gasteiger partial charge in [-0.15, -0.1) is 0 Å². The fourth-order valence-corrected chi connectivity index (χ4v) is 4.16. The van der Waals surface area contributed by atoms with E-state index in [-0.39, 0.29) is 23.2 Å². The molecular formula is C16H16FNO. The lowest BCUT2D eigenvalue weighted by Gasteiger charge is -2.22. The molecule has 4 rings (SSSR count). The van der Waals surface area contributed by atoms with Crippen LogP contribution in [-0.2, 0) is 11.2 Å². The van der Waals surface area contributed by atoms with Crippen molar-refractivity contribution in [3.63, 3.8) is 0 Å². The van der Waals surface area contributed by atoms with Crippen molar-refractivity contribution in [3.8, 4) is 0 Å². The van der Waals surface area contributed by atoms with Crippen molar-refractivity contribution in [1.29, 1.82) is 0 Å². The zero-order chi connectivity index (χ0) is 13.2. The van der Waals surface area contributed by atoms with Crippen molar-refractivity contribution in [1.82, 2.24) is 0 Å². The molecule has 0 N–H and O–H groups in total. The largest absolute Gasteiger partial charge is 0.308 e. The van der Waals surface area contributed by atoms with E-state index < -0.39 is 0 Å². The van der Waals surface area contributed by atoms with E-state index in [0.29, 0.717) is 0 Å². The van der Waals surface area contributed by atoms with Crippen molar-refractivity contribution >= 4 is 11.6 Å². The lowest BCUT2D eigenvalue weighted by atomic mass is 9.82. The third kappa shape index (κ3) is 1.38. The highest BCUT2D eigenvalue weighted by Crippen LogP contribution is 2.54. The van der Waals surface area contributed by atoms with Gasteiger partial charge >= 0.3 is 0 Å². The van der Waals surface area contributed by atoms with Gasteiger partial charge in [-0.05, 0) is 55.9 Å². The van der Waals surface area contributed by atoms with E-state index in [2.05, 4.69) is 6.58 Å². The maximum absolute atomic E-state index is 13.3. The highest BCUT2D eigenvalue weighted by Gasteiger charge is 2.55. The summed E-state index contributed by atoms with van der Waals surface area (Å²) in [5.74, 6) is 0.0258. The molecule has 3 heteroatoms. The molecule has 0 bridgehead atoms. The van der Waals surface area contributed by atoms with Crippen LogP contribution in [0.1, 0.15) is 31.2 Å². The summed E-state index contributed by atoms with van der Waals surface area (Å²) in [4.78, 5) is 14.7. The highest BCUT2D eigenvalue weighted by molar-refractivity contribution is 6.03. The quantitative estimate of drug-likeness (QED) is 0.653. The summed E-state index contributed by atoms with van der Waals surface area (Å²) in [6.45, 7) is 4.04. The second kappa shape index (κ2) is 3.47. The number of rotatable bonds is 0. The Balaban J connectivity index is 1.75. The van der Waals surface area contributed by atoms with Crippen molar-refractivity contribution in [2.45, 2.75) is 38.1 Å². The number of benzene rings is 1. The van der Waals surface area contributed by atoms with Crippen molar-refractivity contribution in [2.24, 2.45) is 5.41 Å². The zero-order valence-corrected chi connectivity index (χ0v) is 10.8. The van der Waals surface area contributed by atoms with Crippen LogP contribution in [0.15, 0.2) is 30.4 Å². The predicted octanol–water partition coefficient (Wildman–Crippen LogP) is 3.21. The molecule has 98 valence electrons. The fraction of sp³-hybridized carbons (Fsp3) is 0.438. The van der Waals surface area contributed by atoms with Crippen LogP contribution in [0.2, 0.25) is 0 Å². The lowest BCUT2D eigenvalue weighted by molar-refractivity contribution is -0.125. The normalized spacial score (nSPS) is 32.3. The number of carbonyl (C=O) groups excluding carboxylic acids is 1. The summed E-state index contributed by atoms with van der Waals surface area (Å²) >= 11 is 0. The molecule has 0 aromatic heterocycles. The standard InChI is InChI=1S/C16H16FNO/c1-10-4-5-16(8-10)9-13-7-11-6-12(17)2-3-14(11)18(13)15(16)19/h2-3,6,13H,1,4-5,7-9H2/t13-,16-/m0/s1. The van der Waals surface area contributed by atoms with E-state index in [1.54, 1.807) is 12.1 Å². The van der Waals surface area contributed by atoms with Crippen LogP contribution in [0, 0.1) is 11.2 Å². The molecule has 1 spiro atoms. The highest BCUT2D eigenvalue weighted by atomic mass is 19.1. The maximum atomic E-state index is 13.3. The third-order valence-corrected chi connectivity index (χ3v) is 4.97. The van der Waals surface area contributed by atoms with E-state index in [0.717, 1.165) is 43.4 Å². The molecule has 1 aromatic rings. The monoisotopic (exact) mass is 257 g/mol.